The molecule has 0 unspecified atom stereocenters. The zero-order chi connectivity index (χ0) is 19.7. The lowest BCUT2D eigenvalue weighted by Gasteiger charge is -2.37. The number of carbonyl (C=O) groups is 2. The Morgan fingerprint density at radius 1 is 1.07 bits per heavy atom. The van der Waals surface area contributed by atoms with Crippen molar-refractivity contribution in [2.45, 2.75) is 76.4 Å². The largest absolute Gasteiger partial charge is 0.382 e. The zero-order valence-corrected chi connectivity index (χ0v) is 16.9. The van der Waals surface area contributed by atoms with Gasteiger partial charge in [0.15, 0.2) is 0 Å². The number of amides is 3. The minimum Gasteiger partial charge on any atom is -0.382 e. The van der Waals surface area contributed by atoms with Gasteiger partial charge in [-0.3, -0.25) is 4.79 Å². The lowest BCUT2D eigenvalue weighted by atomic mass is 9.71. The minimum atomic E-state index is -0.447. The highest BCUT2D eigenvalue weighted by molar-refractivity contribution is 5.90. The van der Waals surface area contributed by atoms with E-state index in [9.17, 15) is 9.59 Å². The molecule has 1 aromatic rings. The molecule has 1 atom stereocenters. The summed E-state index contributed by atoms with van der Waals surface area (Å²) < 4.78 is 0. The monoisotopic (exact) mass is 384 g/mol. The van der Waals surface area contributed by atoms with Crippen LogP contribution in [0.3, 0.4) is 0 Å². The van der Waals surface area contributed by atoms with Crippen molar-refractivity contribution >= 4 is 17.6 Å². The van der Waals surface area contributed by atoms with Crippen molar-refractivity contribution in [3.05, 3.63) is 29.8 Å². The van der Waals surface area contributed by atoms with Crippen molar-refractivity contribution in [1.82, 2.24) is 16.0 Å². The average Bonchev–Trinajstić information content (AvgIpc) is 3.07. The SMILES string of the molecule is CC1(C)CCC(c2ccc(NC3CC(NC(=O)[C@H]4CNC(=O)N4)C3)cc2)CC1. The molecule has 0 bridgehead atoms. The summed E-state index contributed by atoms with van der Waals surface area (Å²) >= 11 is 0. The Labute approximate surface area is 167 Å². The highest BCUT2D eigenvalue weighted by Gasteiger charge is 2.34. The van der Waals surface area contributed by atoms with Crippen LogP contribution < -0.4 is 21.3 Å². The van der Waals surface area contributed by atoms with Crippen LogP contribution in [0.15, 0.2) is 24.3 Å². The van der Waals surface area contributed by atoms with Crippen molar-refractivity contribution in [3.63, 3.8) is 0 Å². The summed E-state index contributed by atoms with van der Waals surface area (Å²) in [5, 5.41) is 11.8. The second-order valence-corrected chi connectivity index (χ2v) is 9.49. The molecule has 152 valence electrons. The van der Waals surface area contributed by atoms with Crippen LogP contribution in [-0.4, -0.2) is 36.6 Å². The first-order chi connectivity index (χ1) is 13.4. The lowest BCUT2D eigenvalue weighted by Crippen LogP contribution is -2.54. The molecule has 28 heavy (non-hydrogen) atoms. The van der Waals surface area contributed by atoms with E-state index in [1.807, 2.05) is 0 Å². The van der Waals surface area contributed by atoms with Crippen LogP contribution in [0.1, 0.15) is 63.9 Å². The van der Waals surface area contributed by atoms with E-state index in [-0.39, 0.29) is 18.0 Å². The molecule has 1 aromatic carbocycles. The summed E-state index contributed by atoms with van der Waals surface area (Å²) in [6, 6.07) is 8.81. The zero-order valence-electron chi connectivity index (χ0n) is 16.9. The van der Waals surface area contributed by atoms with E-state index in [1.165, 1.54) is 31.2 Å². The van der Waals surface area contributed by atoms with Crippen LogP contribution in [0.25, 0.3) is 0 Å². The van der Waals surface area contributed by atoms with Gasteiger partial charge in [-0.15, -0.1) is 0 Å². The van der Waals surface area contributed by atoms with Gasteiger partial charge in [-0.2, -0.15) is 0 Å². The summed E-state index contributed by atoms with van der Waals surface area (Å²) in [6.07, 6.45) is 7.04. The molecule has 1 heterocycles. The van der Waals surface area contributed by atoms with Gasteiger partial charge in [0, 0.05) is 24.3 Å². The van der Waals surface area contributed by atoms with Gasteiger partial charge in [0.25, 0.3) is 0 Å². The second-order valence-electron chi connectivity index (χ2n) is 9.49. The molecule has 0 radical (unpaired) electrons. The molecule has 3 amide bonds. The van der Waals surface area contributed by atoms with Crippen molar-refractivity contribution in [3.8, 4) is 0 Å². The van der Waals surface area contributed by atoms with Crippen LogP contribution in [0, 0.1) is 5.41 Å². The Morgan fingerprint density at radius 2 is 1.75 bits per heavy atom. The van der Waals surface area contributed by atoms with Crippen LogP contribution in [0.4, 0.5) is 10.5 Å². The molecule has 1 saturated heterocycles. The number of benzene rings is 1. The van der Waals surface area contributed by atoms with Crippen molar-refractivity contribution in [2.75, 3.05) is 11.9 Å². The van der Waals surface area contributed by atoms with E-state index in [4.69, 9.17) is 0 Å². The quantitative estimate of drug-likeness (QED) is 0.630. The highest BCUT2D eigenvalue weighted by atomic mass is 16.2. The third-order valence-corrected chi connectivity index (χ3v) is 6.67. The van der Waals surface area contributed by atoms with Crippen LogP contribution >= 0.6 is 0 Å². The second kappa shape index (κ2) is 7.64. The summed E-state index contributed by atoms with van der Waals surface area (Å²) in [7, 11) is 0. The van der Waals surface area contributed by atoms with Gasteiger partial charge >= 0.3 is 6.03 Å². The third-order valence-electron chi connectivity index (χ3n) is 6.67. The average molecular weight is 385 g/mol. The van der Waals surface area contributed by atoms with E-state index in [0.717, 1.165) is 18.5 Å². The molecule has 2 saturated carbocycles. The Bertz CT molecular complexity index is 715. The number of anilines is 1. The molecule has 1 aliphatic heterocycles. The molecular formula is C22H32N4O2. The maximum atomic E-state index is 12.1. The standard InChI is InChI=1S/C22H32N4O2/c1-22(2)9-7-15(8-10-22)14-3-5-16(6-4-14)24-17-11-18(12-17)25-20(27)19-13-23-21(28)26-19/h3-6,15,17-19,24H,7-13H2,1-2H3,(H,25,27)(H2,23,26,28)/t17?,18?,19-/m1/s1. The van der Waals surface area contributed by atoms with Gasteiger partial charge in [-0.1, -0.05) is 26.0 Å². The van der Waals surface area contributed by atoms with Crippen LogP contribution in [0.5, 0.6) is 0 Å². The number of carbonyl (C=O) groups excluding carboxylic acids is 2. The number of urea groups is 1. The van der Waals surface area contributed by atoms with Gasteiger partial charge in [0.1, 0.15) is 6.04 Å². The predicted octanol–water partition coefficient (Wildman–Crippen LogP) is 3.11. The fourth-order valence-electron chi connectivity index (χ4n) is 4.59. The summed E-state index contributed by atoms with van der Waals surface area (Å²) in [5.41, 5.74) is 3.13. The Morgan fingerprint density at radius 3 is 2.36 bits per heavy atom. The van der Waals surface area contributed by atoms with E-state index < -0.39 is 6.04 Å². The molecule has 6 heteroatoms. The van der Waals surface area contributed by atoms with E-state index in [1.54, 1.807) is 0 Å². The summed E-state index contributed by atoms with van der Waals surface area (Å²) in [5.74, 6) is 0.609. The van der Waals surface area contributed by atoms with Crippen molar-refractivity contribution in [1.29, 1.82) is 0 Å². The number of rotatable bonds is 5. The van der Waals surface area contributed by atoms with E-state index in [2.05, 4.69) is 59.4 Å². The minimum absolute atomic E-state index is 0.0955. The molecule has 2 aliphatic carbocycles. The van der Waals surface area contributed by atoms with E-state index >= 15 is 0 Å². The Balaban J connectivity index is 1.20. The normalized spacial score (nSPS) is 29.4. The molecule has 3 aliphatic rings. The van der Waals surface area contributed by atoms with Gasteiger partial charge in [0.2, 0.25) is 5.91 Å². The highest BCUT2D eigenvalue weighted by Crippen LogP contribution is 2.42. The number of hydrogen-bond donors (Lipinski definition) is 4. The van der Waals surface area contributed by atoms with E-state index in [0.29, 0.717) is 23.9 Å². The fourth-order valence-corrected chi connectivity index (χ4v) is 4.59. The molecule has 4 rings (SSSR count). The molecule has 6 nitrogen and oxygen atoms in total. The van der Waals surface area contributed by atoms with Crippen LogP contribution in [0.2, 0.25) is 0 Å². The predicted molar refractivity (Wildman–Crippen MR) is 110 cm³/mol. The molecular weight excluding hydrogens is 352 g/mol. The van der Waals surface area contributed by atoms with Gasteiger partial charge in [0.05, 0.1) is 0 Å². The van der Waals surface area contributed by atoms with Gasteiger partial charge in [-0.25, -0.2) is 4.79 Å². The lowest BCUT2D eigenvalue weighted by molar-refractivity contribution is -0.123. The summed E-state index contributed by atoms with van der Waals surface area (Å²) in [4.78, 5) is 23.2. The first-order valence-electron chi connectivity index (χ1n) is 10.6. The topological polar surface area (TPSA) is 82.3 Å². The summed E-state index contributed by atoms with van der Waals surface area (Å²) in [6.45, 7) is 5.13. The fraction of sp³-hybridized carbons (Fsp3) is 0.636. The first-order valence-corrected chi connectivity index (χ1v) is 10.6. The Kier molecular flexibility index (Phi) is 5.21. The molecule has 0 aromatic heterocycles. The van der Waals surface area contributed by atoms with Crippen molar-refractivity contribution < 1.29 is 9.59 Å². The smallest absolute Gasteiger partial charge is 0.315 e. The molecule has 0 spiro atoms. The number of hydrogen-bond acceptors (Lipinski definition) is 3. The molecule has 3 fully saturated rings. The van der Waals surface area contributed by atoms with Gasteiger partial charge < -0.3 is 21.3 Å². The van der Waals surface area contributed by atoms with Gasteiger partial charge in [-0.05, 0) is 67.6 Å². The maximum Gasteiger partial charge on any atom is 0.315 e. The Hall–Kier alpha value is -2.24. The third kappa shape index (κ3) is 4.42. The number of nitrogens with one attached hydrogen (secondary N) is 4. The van der Waals surface area contributed by atoms with Crippen molar-refractivity contribution in [2.24, 2.45) is 5.41 Å². The van der Waals surface area contributed by atoms with Crippen LogP contribution in [-0.2, 0) is 4.79 Å². The maximum absolute atomic E-state index is 12.1. The molecule has 4 N–H and O–H groups in total. The first kappa shape index (κ1) is 19.1.